The number of benzene rings is 1. The fraction of sp³-hybridized carbons (Fsp3) is 0.647. The molecule has 2 heteroatoms. The molecule has 0 aliphatic heterocycles. The van der Waals surface area contributed by atoms with Crippen molar-refractivity contribution in [3.63, 3.8) is 0 Å². The Labute approximate surface area is 117 Å². The van der Waals surface area contributed by atoms with Crippen molar-refractivity contribution in [3.8, 4) is 5.75 Å². The largest absolute Gasteiger partial charge is 0.497 e. The first-order chi connectivity index (χ1) is 9.11. The van der Waals surface area contributed by atoms with Gasteiger partial charge in [0.2, 0.25) is 0 Å². The third kappa shape index (κ3) is 3.50. The molecule has 1 aliphatic carbocycles. The van der Waals surface area contributed by atoms with Crippen LogP contribution in [0.4, 0.5) is 0 Å². The smallest absolute Gasteiger partial charge is 0.119 e. The maximum absolute atomic E-state index is 5.31. The zero-order chi connectivity index (χ0) is 13.8. The van der Waals surface area contributed by atoms with Gasteiger partial charge in [0.15, 0.2) is 0 Å². The van der Waals surface area contributed by atoms with Gasteiger partial charge in [0.1, 0.15) is 5.75 Å². The minimum absolute atomic E-state index is 0.378. The summed E-state index contributed by atoms with van der Waals surface area (Å²) in [5.74, 6) is 2.49. The topological polar surface area (TPSA) is 21.3 Å². The molecule has 1 aromatic rings. The number of rotatable bonds is 4. The number of hydrogen-bond acceptors (Lipinski definition) is 2. The molecule has 1 aromatic carbocycles. The van der Waals surface area contributed by atoms with Crippen LogP contribution in [0.5, 0.6) is 5.75 Å². The van der Waals surface area contributed by atoms with Crippen molar-refractivity contribution in [2.75, 3.05) is 7.11 Å². The van der Waals surface area contributed by atoms with Crippen LogP contribution in [0.25, 0.3) is 0 Å². The summed E-state index contributed by atoms with van der Waals surface area (Å²) >= 11 is 0. The maximum Gasteiger partial charge on any atom is 0.119 e. The second-order valence-corrected chi connectivity index (χ2v) is 6.08. The van der Waals surface area contributed by atoms with Crippen LogP contribution in [-0.2, 0) is 0 Å². The minimum Gasteiger partial charge on any atom is -0.497 e. The van der Waals surface area contributed by atoms with Crippen molar-refractivity contribution in [3.05, 3.63) is 29.8 Å². The normalized spacial score (nSPS) is 28.9. The van der Waals surface area contributed by atoms with E-state index in [0.717, 1.165) is 17.6 Å². The van der Waals surface area contributed by atoms with Gasteiger partial charge >= 0.3 is 0 Å². The molecule has 1 aliphatic rings. The highest BCUT2D eigenvalue weighted by Gasteiger charge is 2.28. The maximum atomic E-state index is 5.31. The van der Waals surface area contributed by atoms with E-state index < -0.39 is 0 Å². The van der Waals surface area contributed by atoms with Gasteiger partial charge in [-0.1, -0.05) is 32.4 Å². The van der Waals surface area contributed by atoms with E-state index in [9.17, 15) is 0 Å². The molecule has 2 rings (SSSR count). The molecule has 2 nitrogen and oxygen atoms in total. The molecule has 106 valence electrons. The van der Waals surface area contributed by atoms with E-state index in [-0.39, 0.29) is 0 Å². The summed E-state index contributed by atoms with van der Waals surface area (Å²) in [7, 11) is 1.72. The summed E-state index contributed by atoms with van der Waals surface area (Å²) in [5.41, 5.74) is 1.31. The summed E-state index contributed by atoms with van der Waals surface area (Å²) in [6, 6.07) is 9.40. The molecular formula is C17H27NO. The highest BCUT2D eigenvalue weighted by atomic mass is 16.5. The Balaban J connectivity index is 2.04. The molecule has 2 unspecified atom stereocenters. The molecule has 1 N–H and O–H groups in total. The van der Waals surface area contributed by atoms with Gasteiger partial charge in [-0.3, -0.25) is 0 Å². The first-order valence-corrected chi connectivity index (χ1v) is 7.51. The number of methoxy groups -OCH3 is 1. The van der Waals surface area contributed by atoms with Gasteiger partial charge in [-0.05, 0) is 49.3 Å². The molecule has 0 amide bonds. The lowest BCUT2D eigenvalue weighted by Gasteiger charge is -2.37. The van der Waals surface area contributed by atoms with Crippen molar-refractivity contribution in [1.29, 1.82) is 0 Å². The van der Waals surface area contributed by atoms with Gasteiger partial charge in [-0.25, -0.2) is 0 Å². The molecular weight excluding hydrogens is 234 g/mol. The van der Waals surface area contributed by atoms with E-state index in [0.29, 0.717) is 12.1 Å². The lowest BCUT2D eigenvalue weighted by molar-refractivity contribution is 0.196. The van der Waals surface area contributed by atoms with Gasteiger partial charge in [0, 0.05) is 12.1 Å². The number of ether oxygens (including phenoxy) is 1. The Morgan fingerprint density at radius 1 is 1.21 bits per heavy atom. The lowest BCUT2D eigenvalue weighted by Crippen LogP contribution is -2.43. The van der Waals surface area contributed by atoms with E-state index in [2.05, 4.69) is 44.3 Å². The SMILES string of the molecule is COc1cccc([C@H](C)NC2C(C)CCCC2C)c1. The van der Waals surface area contributed by atoms with E-state index in [4.69, 9.17) is 4.74 Å². The van der Waals surface area contributed by atoms with Gasteiger partial charge in [-0.2, -0.15) is 0 Å². The van der Waals surface area contributed by atoms with E-state index in [1.807, 2.05) is 6.07 Å². The van der Waals surface area contributed by atoms with E-state index >= 15 is 0 Å². The molecule has 0 radical (unpaired) electrons. The van der Waals surface area contributed by atoms with Crippen LogP contribution in [0, 0.1) is 11.8 Å². The zero-order valence-corrected chi connectivity index (χ0v) is 12.6. The second-order valence-electron chi connectivity index (χ2n) is 6.08. The highest BCUT2D eigenvalue weighted by Crippen LogP contribution is 2.31. The molecule has 3 atom stereocenters. The Kier molecular flexibility index (Phi) is 4.87. The van der Waals surface area contributed by atoms with Crippen molar-refractivity contribution < 1.29 is 4.74 Å². The number of nitrogens with one attached hydrogen (secondary N) is 1. The first-order valence-electron chi connectivity index (χ1n) is 7.51. The molecule has 19 heavy (non-hydrogen) atoms. The fourth-order valence-corrected chi connectivity index (χ4v) is 3.31. The standard InChI is InChI=1S/C17H27NO/c1-12-7-5-8-13(2)17(12)18-14(3)15-9-6-10-16(11-15)19-4/h6,9-14,17-18H,5,7-8H2,1-4H3/t12?,13?,14-,17?/m0/s1. The van der Waals surface area contributed by atoms with Crippen molar-refractivity contribution in [2.45, 2.75) is 52.1 Å². The van der Waals surface area contributed by atoms with Gasteiger partial charge < -0.3 is 10.1 Å². The predicted molar refractivity (Wildman–Crippen MR) is 80.5 cm³/mol. The zero-order valence-electron chi connectivity index (χ0n) is 12.6. The van der Waals surface area contributed by atoms with Crippen molar-refractivity contribution in [1.82, 2.24) is 5.32 Å². The fourth-order valence-electron chi connectivity index (χ4n) is 3.31. The molecule has 0 heterocycles. The quantitative estimate of drug-likeness (QED) is 0.878. The van der Waals surface area contributed by atoms with Crippen LogP contribution < -0.4 is 10.1 Å². The summed E-state index contributed by atoms with van der Waals surface area (Å²) in [6.45, 7) is 7.01. The molecule has 1 fully saturated rings. The number of hydrogen-bond donors (Lipinski definition) is 1. The Morgan fingerprint density at radius 2 is 1.89 bits per heavy atom. The first kappa shape index (κ1) is 14.4. The van der Waals surface area contributed by atoms with Crippen molar-refractivity contribution >= 4 is 0 Å². The van der Waals surface area contributed by atoms with Crippen LogP contribution >= 0.6 is 0 Å². The van der Waals surface area contributed by atoms with Gasteiger partial charge in [0.25, 0.3) is 0 Å². The Hall–Kier alpha value is -1.02. The second kappa shape index (κ2) is 6.42. The third-order valence-corrected chi connectivity index (χ3v) is 4.58. The van der Waals surface area contributed by atoms with Gasteiger partial charge in [0.05, 0.1) is 7.11 Å². The molecule has 0 bridgehead atoms. The van der Waals surface area contributed by atoms with E-state index in [1.54, 1.807) is 7.11 Å². The Morgan fingerprint density at radius 3 is 2.53 bits per heavy atom. The van der Waals surface area contributed by atoms with Gasteiger partial charge in [-0.15, -0.1) is 0 Å². The van der Waals surface area contributed by atoms with Crippen molar-refractivity contribution in [2.24, 2.45) is 11.8 Å². The van der Waals surface area contributed by atoms with Crippen LogP contribution in [-0.4, -0.2) is 13.2 Å². The monoisotopic (exact) mass is 261 g/mol. The predicted octanol–water partition coefficient (Wildman–Crippen LogP) is 4.17. The molecule has 0 saturated heterocycles. The summed E-state index contributed by atoms with van der Waals surface area (Å²) in [4.78, 5) is 0. The summed E-state index contributed by atoms with van der Waals surface area (Å²) in [6.07, 6.45) is 4.09. The summed E-state index contributed by atoms with van der Waals surface area (Å²) < 4.78 is 5.31. The molecule has 1 saturated carbocycles. The lowest BCUT2D eigenvalue weighted by atomic mass is 9.78. The molecule has 0 aromatic heterocycles. The molecule has 0 spiro atoms. The summed E-state index contributed by atoms with van der Waals surface area (Å²) in [5, 5.41) is 3.83. The third-order valence-electron chi connectivity index (χ3n) is 4.58. The van der Waals surface area contributed by atoms with Crippen LogP contribution in [0.15, 0.2) is 24.3 Å². The average molecular weight is 261 g/mol. The Bertz CT molecular complexity index is 394. The average Bonchev–Trinajstić information content (AvgIpc) is 2.43. The van der Waals surface area contributed by atoms with Crippen LogP contribution in [0.1, 0.15) is 51.6 Å². The highest BCUT2D eigenvalue weighted by molar-refractivity contribution is 5.30. The minimum atomic E-state index is 0.378. The van der Waals surface area contributed by atoms with Crippen LogP contribution in [0.2, 0.25) is 0 Å². The van der Waals surface area contributed by atoms with E-state index in [1.165, 1.54) is 24.8 Å². The van der Waals surface area contributed by atoms with Crippen LogP contribution in [0.3, 0.4) is 0 Å².